The van der Waals surface area contributed by atoms with Crippen LogP contribution in [-0.4, -0.2) is 30.4 Å². The number of fused-ring (bicyclic) bond motifs is 4. The van der Waals surface area contributed by atoms with E-state index in [2.05, 4.69) is 12.0 Å². The average molecular weight is 445 g/mol. The molecule has 0 amide bonds. The Bertz CT molecular complexity index is 1500. The van der Waals surface area contributed by atoms with Gasteiger partial charge in [0, 0.05) is 11.4 Å². The van der Waals surface area contributed by atoms with Gasteiger partial charge < -0.3 is 0 Å². The molecule has 0 N–H and O–H groups in total. The minimum absolute atomic E-state index is 0.0800. The van der Waals surface area contributed by atoms with E-state index in [9.17, 15) is 4.79 Å². The van der Waals surface area contributed by atoms with Crippen LogP contribution in [0.2, 0.25) is 0 Å². The summed E-state index contributed by atoms with van der Waals surface area (Å²) < 4.78 is 3.42. The van der Waals surface area contributed by atoms with Crippen LogP contribution >= 0.6 is 11.3 Å². The van der Waals surface area contributed by atoms with Crippen LogP contribution in [0.15, 0.2) is 51.7 Å². The second-order valence-electron chi connectivity index (χ2n) is 7.83. The fourth-order valence-corrected chi connectivity index (χ4v) is 4.54. The van der Waals surface area contributed by atoms with Gasteiger partial charge in [-0.25, -0.2) is 15.0 Å². The topological polar surface area (TPSA) is 78.0 Å². The molecule has 0 spiro atoms. The second-order valence-corrected chi connectivity index (χ2v) is 8.81. The first-order chi connectivity index (χ1) is 15.7. The number of para-hydroxylation sites is 2. The third-order valence-electron chi connectivity index (χ3n) is 5.61. The van der Waals surface area contributed by atoms with Crippen molar-refractivity contribution < 1.29 is 0 Å². The zero-order valence-electron chi connectivity index (χ0n) is 18.2. The molecule has 0 radical (unpaired) electrons. The highest BCUT2D eigenvalue weighted by Gasteiger charge is 2.21. The van der Waals surface area contributed by atoms with E-state index in [0.717, 1.165) is 41.6 Å². The molecule has 0 saturated heterocycles. The quantitative estimate of drug-likeness (QED) is 0.258. The minimum atomic E-state index is -0.0800. The van der Waals surface area contributed by atoms with Crippen molar-refractivity contribution in [1.82, 2.24) is 24.2 Å². The van der Waals surface area contributed by atoms with Crippen molar-refractivity contribution in [3.8, 4) is 0 Å². The molecule has 0 fully saturated rings. The lowest BCUT2D eigenvalue weighted by Gasteiger charge is -2.09. The summed E-state index contributed by atoms with van der Waals surface area (Å²) in [5.41, 5.74) is 3.00. The van der Waals surface area contributed by atoms with E-state index in [4.69, 9.17) is 15.0 Å². The molecule has 7 nitrogen and oxygen atoms in total. The highest BCUT2D eigenvalue weighted by atomic mass is 32.1. The molecule has 0 bridgehead atoms. The summed E-state index contributed by atoms with van der Waals surface area (Å²) in [5, 5.41) is 7.13. The van der Waals surface area contributed by atoms with Gasteiger partial charge >= 0.3 is 0 Å². The summed E-state index contributed by atoms with van der Waals surface area (Å²) in [6.45, 7) is 4.71. The monoisotopic (exact) mass is 444 g/mol. The van der Waals surface area contributed by atoms with Crippen molar-refractivity contribution in [2.24, 2.45) is 5.10 Å². The van der Waals surface area contributed by atoms with Crippen molar-refractivity contribution in [3.05, 3.63) is 62.8 Å². The molecule has 4 aromatic heterocycles. The van der Waals surface area contributed by atoms with Crippen molar-refractivity contribution >= 4 is 50.8 Å². The SMILES string of the molecule is CCCCCCn1c(C)nc2c(c1=O)c1nc3ccccc3nc1n2/N=C/c1cccs1. The molecule has 0 aliphatic carbocycles. The van der Waals surface area contributed by atoms with Crippen molar-refractivity contribution in [2.75, 3.05) is 0 Å². The van der Waals surface area contributed by atoms with Crippen LogP contribution in [0, 0.1) is 6.92 Å². The van der Waals surface area contributed by atoms with Gasteiger partial charge in [0.25, 0.3) is 5.56 Å². The lowest BCUT2D eigenvalue weighted by molar-refractivity contribution is 0.556. The molecule has 5 aromatic rings. The van der Waals surface area contributed by atoms with E-state index in [-0.39, 0.29) is 5.56 Å². The Balaban J connectivity index is 1.76. The summed E-state index contributed by atoms with van der Waals surface area (Å²) >= 11 is 1.59. The zero-order valence-corrected chi connectivity index (χ0v) is 19.0. The smallest absolute Gasteiger partial charge is 0.265 e. The first-order valence-electron chi connectivity index (χ1n) is 10.9. The average Bonchev–Trinajstić information content (AvgIpc) is 3.41. The molecular formula is C24H24N6OS. The Hall–Kier alpha value is -3.39. The molecule has 1 aromatic carbocycles. The van der Waals surface area contributed by atoms with Gasteiger partial charge in [-0.15, -0.1) is 11.3 Å². The van der Waals surface area contributed by atoms with Crippen LogP contribution in [0.3, 0.4) is 0 Å². The predicted octanol–water partition coefficient (Wildman–Crippen LogP) is 5.13. The predicted molar refractivity (Wildman–Crippen MR) is 131 cm³/mol. The molecule has 162 valence electrons. The zero-order chi connectivity index (χ0) is 22.1. The summed E-state index contributed by atoms with van der Waals surface area (Å²) in [5.74, 6) is 0.680. The molecular weight excluding hydrogens is 420 g/mol. The van der Waals surface area contributed by atoms with Crippen LogP contribution in [-0.2, 0) is 6.54 Å². The lowest BCUT2D eigenvalue weighted by Crippen LogP contribution is -2.24. The fourth-order valence-electron chi connectivity index (χ4n) is 3.96. The molecule has 8 heteroatoms. The Morgan fingerprint density at radius 2 is 1.81 bits per heavy atom. The molecule has 0 atom stereocenters. The van der Waals surface area contributed by atoms with E-state index in [0.29, 0.717) is 34.6 Å². The van der Waals surface area contributed by atoms with E-state index in [1.54, 1.807) is 26.8 Å². The first-order valence-corrected chi connectivity index (χ1v) is 11.8. The van der Waals surface area contributed by atoms with Gasteiger partial charge in [-0.05, 0) is 36.9 Å². The Kier molecular flexibility index (Phi) is 5.53. The van der Waals surface area contributed by atoms with Crippen molar-refractivity contribution in [1.29, 1.82) is 0 Å². The van der Waals surface area contributed by atoms with Crippen LogP contribution in [0.1, 0.15) is 43.3 Å². The molecule has 0 saturated carbocycles. The largest absolute Gasteiger partial charge is 0.296 e. The number of hydrogen-bond donors (Lipinski definition) is 0. The van der Waals surface area contributed by atoms with Gasteiger partial charge in [0.15, 0.2) is 11.3 Å². The Morgan fingerprint density at radius 1 is 1.00 bits per heavy atom. The minimum Gasteiger partial charge on any atom is -0.296 e. The third kappa shape index (κ3) is 3.60. The molecule has 0 unspecified atom stereocenters. The number of benzene rings is 1. The highest BCUT2D eigenvalue weighted by molar-refractivity contribution is 7.11. The highest BCUT2D eigenvalue weighted by Crippen LogP contribution is 2.25. The van der Waals surface area contributed by atoms with E-state index < -0.39 is 0 Å². The van der Waals surface area contributed by atoms with Crippen LogP contribution in [0.5, 0.6) is 0 Å². The van der Waals surface area contributed by atoms with Crippen molar-refractivity contribution in [2.45, 2.75) is 46.1 Å². The van der Waals surface area contributed by atoms with Gasteiger partial charge in [-0.1, -0.05) is 44.4 Å². The molecule has 5 rings (SSSR count). The van der Waals surface area contributed by atoms with Gasteiger partial charge in [-0.2, -0.15) is 9.78 Å². The summed E-state index contributed by atoms with van der Waals surface area (Å²) in [6, 6.07) is 11.6. The third-order valence-corrected chi connectivity index (χ3v) is 6.42. The summed E-state index contributed by atoms with van der Waals surface area (Å²) in [4.78, 5) is 29.0. The van der Waals surface area contributed by atoms with Gasteiger partial charge in [0.05, 0.1) is 17.2 Å². The molecule has 0 aliphatic rings. The fraction of sp³-hybridized carbons (Fsp3) is 0.292. The van der Waals surface area contributed by atoms with Crippen molar-refractivity contribution in [3.63, 3.8) is 0 Å². The number of rotatable bonds is 7. The number of aromatic nitrogens is 5. The maximum atomic E-state index is 13.6. The molecule has 0 aliphatic heterocycles. The van der Waals surface area contributed by atoms with Gasteiger partial charge in [-0.3, -0.25) is 9.36 Å². The van der Waals surface area contributed by atoms with Gasteiger partial charge in [0.1, 0.15) is 16.7 Å². The van der Waals surface area contributed by atoms with Crippen LogP contribution in [0.25, 0.3) is 33.2 Å². The Morgan fingerprint density at radius 3 is 2.56 bits per heavy atom. The second kappa shape index (κ2) is 8.63. The number of hydrogen-bond acceptors (Lipinski definition) is 6. The summed E-state index contributed by atoms with van der Waals surface area (Å²) in [6.07, 6.45) is 6.14. The number of thiophene rings is 1. The normalized spacial score (nSPS) is 12.1. The first kappa shape index (κ1) is 20.5. The van der Waals surface area contributed by atoms with Gasteiger partial charge in [0.2, 0.25) is 0 Å². The standard InChI is InChI=1S/C24H24N6OS/c1-3-4-5-8-13-29-16(2)26-22-20(24(29)31)21-23(28-19-12-7-6-11-18(19)27-21)30(22)25-15-17-10-9-14-32-17/h6-7,9-12,14-15H,3-5,8,13H2,1-2H3/b25-15+. The Labute approximate surface area is 189 Å². The van der Waals surface area contributed by atoms with E-state index in [1.165, 1.54) is 0 Å². The maximum absolute atomic E-state index is 13.6. The van der Waals surface area contributed by atoms with E-state index >= 15 is 0 Å². The van der Waals surface area contributed by atoms with Crippen LogP contribution in [0.4, 0.5) is 0 Å². The lowest BCUT2D eigenvalue weighted by atomic mass is 10.2. The molecule has 32 heavy (non-hydrogen) atoms. The maximum Gasteiger partial charge on any atom is 0.265 e. The molecule has 4 heterocycles. The number of aryl methyl sites for hydroxylation is 1. The number of nitrogens with zero attached hydrogens (tertiary/aromatic N) is 6. The summed E-state index contributed by atoms with van der Waals surface area (Å²) in [7, 11) is 0. The number of unbranched alkanes of at least 4 members (excludes halogenated alkanes) is 3. The van der Waals surface area contributed by atoms with E-state index in [1.807, 2.05) is 48.7 Å². The van der Waals surface area contributed by atoms with Crippen LogP contribution < -0.4 is 5.56 Å².